The Morgan fingerprint density at radius 3 is 2.57 bits per heavy atom. The molecule has 1 N–H and O–H groups in total. The lowest BCUT2D eigenvalue weighted by Crippen LogP contribution is -2.25. The van der Waals surface area contributed by atoms with Crippen LogP contribution in [0.1, 0.15) is 12.8 Å². The van der Waals surface area contributed by atoms with E-state index in [4.69, 9.17) is 14.6 Å². The molecule has 1 heterocycles. The van der Waals surface area contributed by atoms with E-state index in [1.165, 1.54) is 0 Å². The molecule has 1 atom stereocenters. The molecule has 5 nitrogen and oxygen atoms in total. The van der Waals surface area contributed by atoms with Crippen LogP contribution >= 0.6 is 12.4 Å². The van der Waals surface area contributed by atoms with Gasteiger partial charge in [0.15, 0.2) is 0 Å². The molecule has 1 aliphatic rings. The average Bonchev–Trinajstić information content (AvgIpc) is 2.93. The molecule has 1 aromatic rings. The minimum absolute atomic E-state index is 0. The van der Waals surface area contributed by atoms with Gasteiger partial charge in [0.2, 0.25) is 0 Å². The summed E-state index contributed by atoms with van der Waals surface area (Å²) in [5.41, 5.74) is 0. The van der Waals surface area contributed by atoms with E-state index in [0.29, 0.717) is 13.2 Å². The highest BCUT2D eigenvalue weighted by molar-refractivity contribution is 5.85. The number of rotatable bonds is 7. The molecule has 1 unspecified atom stereocenters. The molecule has 118 valence electrons. The first-order valence-corrected chi connectivity index (χ1v) is 6.91. The number of aliphatic carboxylic acids is 1. The predicted molar refractivity (Wildman–Crippen MR) is 82.5 cm³/mol. The summed E-state index contributed by atoms with van der Waals surface area (Å²) in [6.45, 7) is 3.07. The lowest BCUT2D eigenvalue weighted by Gasteiger charge is -2.15. The number of hydrogen-bond acceptors (Lipinski definition) is 4. The predicted octanol–water partition coefficient (Wildman–Crippen LogP) is 2.29. The molecule has 6 heteroatoms. The minimum atomic E-state index is -0.679. The maximum Gasteiger partial charge on any atom is 0.307 e. The molecule has 1 saturated heterocycles. The van der Waals surface area contributed by atoms with Crippen LogP contribution in [0.5, 0.6) is 11.5 Å². The van der Waals surface area contributed by atoms with E-state index in [9.17, 15) is 4.79 Å². The molecule has 21 heavy (non-hydrogen) atoms. The van der Waals surface area contributed by atoms with Gasteiger partial charge in [-0.3, -0.25) is 4.79 Å². The zero-order chi connectivity index (χ0) is 14.4. The Labute approximate surface area is 131 Å². The van der Waals surface area contributed by atoms with Crippen LogP contribution in [-0.2, 0) is 4.79 Å². The molecule has 0 spiro atoms. The van der Waals surface area contributed by atoms with Crippen molar-refractivity contribution in [3.63, 3.8) is 0 Å². The molecule has 0 amide bonds. The van der Waals surface area contributed by atoms with Crippen LogP contribution in [-0.4, -0.2) is 49.3 Å². The van der Waals surface area contributed by atoms with Gasteiger partial charge in [0.05, 0.1) is 19.6 Å². The van der Waals surface area contributed by atoms with E-state index in [1.54, 1.807) is 7.11 Å². The topological polar surface area (TPSA) is 59.0 Å². The Hall–Kier alpha value is -1.46. The summed E-state index contributed by atoms with van der Waals surface area (Å²) < 4.78 is 10.7. The summed E-state index contributed by atoms with van der Waals surface area (Å²) >= 11 is 0. The maximum atomic E-state index is 10.9. The molecule has 0 saturated carbocycles. The Balaban J connectivity index is 0.00000220. The fraction of sp³-hybridized carbons (Fsp3) is 0.533. The molecule has 1 aromatic carbocycles. The first-order valence-electron chi connectivity index (χ1n) is 6.91. The standard InChI is InChI=1S/C15H21NO4.ClH/c1-19-13-3-5-14(6-4-13)20-10-2-8-16-9-7-12(11-16)15(17)18;/h3-6,12H,2,7-11H2,1H3,(H,17,18);1H. The van der Waals surface area contributed by atoms with Gasteiger partial charge in [-0.2, -0.15) is 0 Å². The number of carboxylic acids is 1. The number of nitrogens with zero attached hydrogens (tertiary/aromatic N) is 1. The van der Waals surface area contributed by atoms with Crippen LogP contribution in [0.15, 0.2) is 24.3 Å². The van der Waals surface area contributed by atoms with E-state index in [0.717, 1.165) is 37.4 Å². The second-order valence-electron chi connectivity index (χ2n) is 5.00. The molecule has 0 bridgehead atoms. The number of halogens is 1. The van der Waals surface area contributed by atoms with Crippen LogP contribution < -0.4 is 9.47 Å². The van der Waals surface area contributed by atoms with Gasteiger partial charge in [0.25, 0.3) is 0 Å². The molecule has 0 radical (unpaired) electrons. The fourth-order valence-corrected chi connectivity index (χ4v) is 2.39. The summed E-state index contributed by atoms with van der Waals surface area (Å²) in [4.78, 5) is 13.0. The second kappa shape index (κ2) is 8.74. The van der Waals surface area contributed by atoms with E-state index in [1.807, 2.05) is 24.3 Å². The van der Waals surface area contributed by atoms with Gasteiger partial charge < -0.3 is 19.5 Å². The minimum Gasteiger partial charge on any atom is -0.497 e. The molecular formula is C15H22ClNO4. The number of carboxylic acid groups (broad SMARTS) is 1. The third-order valence-electron chi connectivity index (χ3n) is 3.57. The van der Waals surface area contributed by atoms with Crippen molar-refractivity contribution in [2.75, 3.05) is 33.4 Å². The highest BCUT2D eigenvalue weighted by Gasteiger charge is 2.27. The van der Waals surface area contributed by atoms with E-state index in [-0.39, 0.29) is 18.3 Å². The van der Waals surface area contributed by atoms with Crippen molar-refractivity contribution in [1.29, 1.82) is 0 Å². The van der Waals surface area contributed by atoms with Crippen molar-refractivity contribution in [1.82, 2.24) is 4.90 Å². The van der Waals surface area contributed by atoms with Gasteiger partial charge in [0.1, 0.15) is 11.5 Å². The number of hydrogen-bond donors (Lipinski definition) is 1. The highest BCUT2D eigenvalue weighted by Crippen LogP contribution is 2.18. The molecule has 1 fully saturated rings. The molecule has 1 aliphatic heterocycles. The normalized spacial score (nSPS) is 18.0. The van der Waals surface area contributed by atoms with Crippen LogP contribution in [0, 0.1) is 5.92 Å². The number of benzene rings is 1. The van der Waals surface area contributed by atoms with Crippen LogP contribution in [0.2, 0.25) is 0 Å². The Bertz CT molecular complexity index is 438. The fourth-order valence-electron chi connectivity index (χ4n) is 2.39. The lowest BCUT2D eigenvalue weighted by atomic mass is 10.1. The van der Waals surface area contributed by atoms with Gasteiger partial charge in [-0.15, -0.1) is 12.4 Å². The number of carbonyl (C=O) groups is 1. The third-order valence-corrected chi connectivity index (χ3v) is 3.57. The summed E-state index contributed by atoms with van der Waals surface area (Å²) in [6, 6.07) is 7.50. The second-order valence-corrected chi connectivity index (χ2v) is 5.00. The number of likely N-dealkylation sites (tertiary alicyclic amines) is 1. The van der Waals surface area contributed by atoms with E-state index < -0.39 is 5.97 Å². The maximum absolute atomic E-state index is 10.9. The van der Waals surface area contributed by atoms with Gasteiger partial charge in [0, 0.05) is 13.1 Å². The molecule has 2 rings (SSSR count). The quantitative estimate of drug-likeness (QED) is 0.782. The Kier molecular flexibility index (Phi) is 7.32. The highest BCUT2D eigenvalue weighted by atomic mass is 35.5. The smallest absolute Gasteiger partial charge is 0.307 e. The Morgan fingerprint density at radius 1 is 1.33 bits per heavy atom. The zero-order valence-electron chi connectivity index (χ0n) is 12.2. The largest absolute Gasteiger partial charge is 0.497 e. The van der Waals surface area contributed by atoms with Crippen LogP contribution in [0.3, 0.4) is 0 Å². The van der Waals surface area contributed by atoms with Crippen molar-refractivity contribution in [2.45, 2.75) is 12.8 Å². The van der Waals surface area contributed by atoms with Gasteiger partial charge in [-0.1, -0.05) is 0 Å². The van der Waals surface area contributed by atoms with Crippen molar-refractivity contribution in [3.8, 4) is 11.5 Å². The molecule has 0 aromatic heterocycles. The van der Waals surface area contributed by atoms with Crippen molar-refractivity contribution in [3.05, 3.63) is 24.3 Å². The third kappa shape index (κ3) is 5.44. The summed E-state index contributed by atoms with van der Waals surface area (Å²) in [5, 5.41) is 8.93. The monoisotopic (exact) mass is 315 g/mol. The van der Waals surface area contributed by atoms with Crippen LogP contribution in [0.4, 0.5) is 0 Å². The first-order chi connectivity index (χ1) is 9.69. The van der Waals surface area contributed by atoms with E-state index >= 15 is 0 Å². The van der Waals surface area contributed by atoms with Gasteiger partial charge in [-0.25, -0.2) is 0 Å². The van der Waals surface area contributed by atoms with Crippen LogP contribution in [0.25, 0.3) is 0 Å². The zero-order valence-corrected chi connectivity index (χ0v) is 13.0. The van der Waals surface area contributed by atoms with Crippen molar-refractivity contribution < 1.29 is 19.4 Å². The van der Waals surface area contributed by atoms with Crippen molar-refractivity contribution in [2.24, 2.45) is 5.92 Å². The van der Waals surface area contributed by atoms with Crippen molar-refractivity contribution >= 4 is 18.4 Å². The molecular weight excluding hydrogens is 294 g/mol. The van der Waals surface area contributed by atoms with E-state index in [2.05, 4.69) is 4.90 Å². The Morgan fingerprint density at radius 2 is 2.00 bits per heavy atom. The molecule has 0 aliphatic carbocycles. The summed E-state index contributed by atoms with van der Waals surface area (Å²) in [7, 11) is 1.64. The van der Waals surface area contributed by atoms with Gasteiger partial charge in [-0.05, 0) is 43.7 Å². The summed E-state index contributed by atoms with van der Waals surface area (Å²) in [5.74, 6) is 0.768. The first kappa shape index (κ1) is 17.6. The number of ether oxygens (including phenoxy) is 2. The van der Waals surface area contributed by atoms with Gasteiger partial charge >= 0.3 is 5.97 Å². The number of methoxy groups -OCH3 is 1. The summed E-state index contributed by atoms with van der Waals surface area (Å²) in [6.07, 6.45) is 1.66. The average molecular weight is 316 g/mol. The SMILES string of the molecule is COc1ccc(OCCCN2CCC(C(=O)O)C2)cc1.Cl. The lowest BCUT2D eigenvalue weighted by molar-refractivity contribution is -0.141.